The van der Waals surface area contributed by atoms with Crippen molar-refractivity contribution in [1.29, 1.82) is 0 Å². The minimum Gasteiger partial charge on any atom is -0.384 e. The van der Waals surface area contributed by atoms with Crippen LogP contribution in [0.5, 0.6) is 0 Å². The van der Waals surface area contributed by atoms with Crippen LogP contribution in [0, 0.1) is 0 Å². The molecule has 0 atom stereocenters. The third-order valence-corrected chi connectivity index (χ3v) is 1.89. The van der Waals surface area contributed by atoms with Crippen molar-refractivity contribution in [2.75, 3.05) is 11.9 Å². The molecule has 0 bridgehead atoms. The first-order chi connectivity index (χ1) is 5.38. The lowest BCUT2D eigenvalue weighted by Gasteiger charge is -2.15. The van der Waals surface area contributed by atoms with E-state index in [0.29, 0.717) is 6.42 Å². The van der Waals surface area contributed by atoms with E-state index >= 15 is 0 Å². The van der Waals surface area contributed by atoms with Crippen LogP contribution >= 0.6 is 0 Å². The Hall–Kier alpha value is -1.31. The molecule has 2 rings (SSSR count). The predicted octanol–water partition coefficient (Wildman–Crippen LogP) is 2.32. The van der Waals surface area contributed by atoms with Gasteiger partial charge in [0.2, 0.25) is 0 Å². The topological polar surface area (TPSA) is 29.1 Å². The van der Waals surface area contributed by atoms with E-state index in [9.17, 15) is 4.79 Å². The Morgan fingerprint density at radius 2 is 2.00 bits per heavy atom. The summed E-state index contributed by atoms with van der Waals surface area (Å²) in [7, 11) is 0. The summed E-state index contributed by atoms with van der Waals surface area (Å²) in [5.74, 6) is 0.249. The Labute approximate surface area is 72.6 Å². The molecule has 0 saturated carbocycles. The molecule has 1 aliphatic rings. The second kappa shape index (κ2) is 3.39. The molecule has 1 N–H and O–H groups in total. The van der Waals surface area contributed by atoms with Crippen molar-refractivity contribution in [2.24, 2.45) is 0 Å². The van der Waals surface area contributed by atoms with E-state index in [1.165, 1.54) is 0 Å². The van der Waals surface area contributed by atoms with Gasteiger partial charge in [0, 0.05) is 24.2 Å². The highest BCUT2D eigenvalue weighted by Crippen LogP contribution is 2.20. The zero-order valence-corrected chi connectivity index (χ0v) is 6.13. The van der Waals surface area contributed by atoms with E-state index in [4.69, 9.17) is 0 Å². The van der Waals surface area contributed by atoms with Gasteiger partial charge in [-0.25, -0.2) is 0 Å². The standard InChI is InChI=1S/C9H9NO.CH4/c11-9-5-6-10-8-4-2-1-3-7(8)9;/h1-4,10H,5-6H2;1H4. The van der Waals surface area contributed by atoms with Gasteiger partial charge in [-0.05, 0) is 12.1 Å². The summed E-state index contributed by atoms with van der Waals surface area (Å²) >= 11 is 0. The Morgan fingerprint density at radius 1 is 1.25 bits per heavy atom. The SMILES string of the molecule is C.O=C1CCNc2ccccc21. The Bertz CT molecular complexity index is 294. The molecule has 0 fully saturated rings. The van der Waals surface area contributed by atoms with Gasteiger partial charge in [-0.2, -0.15) is 0 Å². The summed E-state index contributed by atoms with van der Waals surface area (Å²) in [6, 6.07) is 7.63. The van der Waals surface area contributed by atoms with Gasteiger partial charge in [0.05, 0.1) is 0 Å². The summed E-state index contributed by atoms with van der Waals surface area (Å²) in [6.45, 7) is 0.774. The fraction of sp³-hybridized carbons (Fsp3) is 0.300. The maximum atomic E-state index is 11.2. The van der Waals surface area contributed by atoms with Gasteiger partial charge in [0.25, 0.3) is 0 Å². The quantitative estimate of drug-likeness (QED) is 0.636. The molecule has 0 unspecified atom stereocenters. The van der Waals surface area contributed by atoms with Crippen molar-refractivity contribution in [2.45, 2.75) is 13.8 Å². The van der Waals surface area contributed by atoms with Crippen molar-refractivity contribution in [3.63, 3.8) is 0 Å². The van der Waals surface area contributed by atoms with Crippen molar-refractivity contribution in [1.82, 2.24) is 0 Å². The van der Waals surface area contributed by atoms with Crippen LogP contribution in [0.25, 0.3) is 0 Å². The number of anilines is 1. The normalized spacial score (nSPS) is 14.2. The molecule has 1 aromatic rings. The monoisotopic (exact) mass is 163 g/mol. The second-order valence-corrected chi connectivity index (χ2v) is 2.65. The second-order valence-electron chi connectivity index (χ2n) is 2.65. The summed E-state index contributed by atoms with van der Waals surface area (Å²) in [4.78, 5) is 11.2. The number of nitrogens with one attached hydrogen (secondary N) is 1. The summed E-state index contributed by atoms with van der Waals surface area (Å²) in [5, 5.41) is 3.17. The highest BCUT2D eigenvalue weighted by molar-refractivity contribution is 6.02. The fourth-order valence-electron chi connectivity index (χ4n) is 1.33. The lowest BCUT2D eigenvalue weighted by atomic mass is 10.0. The molecule has 0 saturated heterocycles. The minimum absolute atomic E-state index is 0. The van der Waals surface area contributed by atoms with E-state index in [-0.39, 0.29) is 13.2 Å². The van der Waals surface area contributed by atoms with Gasteiger partial charge in [-0.3, -0.25) is 4.79 Å². The van der Waals surface area contributed by atoms with Crippen molar-refractivity contribution in [3.8, 4) is 0 Å². The zero-order chi connectivity index (χ0) is 7.68. The number of carbonyl (C=O) groups excluding carboxylic acids is 1. The number of hydrogen-bond donors (Lipinski definition) is 1. The third kappa shape index (κ3) is 1.33. The van der Waals surface area contributed by atoms with Crippen LogP contribution in [0.15, 0.2) is 24.3 Å². The predicted molar refractivity (Wildman–Crippen MR) is 50.6 cm³/mol. The van der Waals surface area contributed by atoms with Crippen molar-refractivity contribution >= 4 is 11.5 Å². The van der Waals surface area contributed by atoms with E-state index in [1.54, 1.807) is 0 Å². The molecule has 1 aromatic carbocycles. The summed E-state index contributed by atoms with van der Waals surface area (Å²) in [6.07, 6.45) is 0.622. The van der Waals surface area contributed by atoms with Crippen molar-refractivity contribution < 1.29 is 4.79 Å². The molecule has 2 nitrogen and oxygen atoms in total. The van der Waals surface area contributed by atoms with Crippen molar-refractivity contribution in [3.05, 3.63) is 29.8 Å². The number of para-hydroxylation sites is 1. The smallest absolute Gasteiger partial charge is 0.166 e. The molecule has 0 spiro atoms. The zero-order valence-electron chi connectivity index (χ0n) is 6.13. The van der Waals surface area contributed by atoms with Gasteiger partial charge in [-0.1, -0.05) is 19.6 Å². The lowest BCUT2D eigenvalue weighted by molar-refractivity contribution is 0.0984. The molecule has 0 aliphatic carbocycles. The first-order valence-electron chi connectivity index (χ1n) is 3.74. The molecule has 2 heteroatoms. The molecular formula is C10H13NO. The molecule has 0 amide bonds. The van der Waals surface area contributed by atoms with E-state index in [2.05, 4.69) is 5.32 Å². The highest BCUT2D eigenvalue weighted by Gasteiger charge is 2.14. The van der Waals surface area contributed by atoms with Gasteiger partial charge in [-0.15, -0.1) is 0 Å². The Kier molecular flexibility index (Phi) is 2.48. The van der Waals surface area contributed by atoms with Gasteiger partial charge >= 0.3 is 0 Å². The number of hydrogen-bond acceptors (Lipinski definition) is 2. The van der Waals surface area contributed by atoms with Crippen LogP contribution in [0.1, 0.15) is 24.2 Å². The summed E-state index contributed by atoms with van der Waals surface area (Å²) < 4.78 is 0. The van der Waals surface area contributed by atoms with Crippen LogP contribution < -0.4 is 5.32 Å². The molecule has 1 aliphatic heterocycles. The molecule has 0 aromatic heterocycles. The molecule has 64 valence electrons. The van der Waals surface area contributed by atoms with E-state index < -0.39 is 0 Å². The number of ketones is 1. The number of fused-ring (bicyclic) bond motifs is 1. The van der Waals surface area contributed by atoms with E-state index in [0.717, 1.165) is 17.8 Å². The van der Waals surface area contributed by atoms with Crippen LogP contribution in [0.4, 0.5) is 5.69 Å². The fourth-order valence-corrected chi connectivity index (χ4v) is 1.33. The highest BCUT2D eigenvalue weighted by atomic mass is 16.1. The van der Waals surface area contributed by atoms with Crippen LogP contribution in [0.3, 0.4) is 0 Å². The van der Waals surface area contributed by atoms with Crippen LogP contribution in [0.2, 0.25) is 0 Å². The number of rotatable bonds is 0. The maximum Gasteiger partial charge on any atom is 0.166 e. The van der Waals surface area contributed by atoms with Crippen LogP contribution in [-0.4, -0.2) is 12.3 Å². The average molecular weight is 163 g/mol. The Morgan fingerprint density at radius 3 is 2.75 bits per heavy atom. The first kappa shape index (κ1) is 8.78. The number of benzene rings is 1. The molecular weight excluding hydrogens is 150 g/mol. The van der Waals surface area contributed by atoms with Gasteiger partial charge in [0.1, 0.15) is 0 Å². The average Bonchev–Trinajstić information content (AvgIpc) is 2.06. The Balaban J connectivity index is 0.000000720. The molecule has 12 heavy (non-hydrogen) atoms. The van der Waals surface area contributed by atoms with Gasteiger partial charge in [0.15, 0.2) is 5.78 Å². The summed E-state index contributed by atoms with van der Waals surface area (Å²) in [5.41, 5.74) is 1.81. The number of Topliss-reactive ketones (excluding diaryl/α,β-unsaturated/α-hetero) is 1. The molecule has 1 heterocycles. The minimum atomic E-state index is 0. The third-order valence-electron chi connectivity index (χ3n) is 1.89. The first-order valence-corrected chi connectivity index (χ1v) is 3.74. The van der Waals surface area contributed by atoms with E-state index in [1.807, 2.05) is 24.3 Å². The maximum absolute atomic E-state index is 11.2. The largest absolute Gasteiger partial charge is 0.384 e. The lowest BCUT2D eigenvalue weighted by Crippen LogP contribution is -2.17. The van der Waals surface area contributed by atoms with Crippen LogP contribution in [-0.2, 0) is 0 Å². The van der Waals surface area contributed by atoms with Gasteiger partial charge < -0.3 is 5.32 Å². The number of carbonyl (C=O) groups is 1. The molecule has 0 radical (unpaired) electrons.